The summed E-state index contributed by atoms with van der Waals surface area (Å²) in [6.45, 7) is 1.90. The van der Waals surface area contributed by atoms with Crippen molar-refractivity contribution in [3.05, 3.63) is 35.9 Å². The maximum atomic E-state index is 12.7. The highest BCUT2D eigenvalue weighted by atomic mass is 16.2. The smallest absolute Gasteiger partial charge is 0.225 e. The highest BCUT2D eigenvalue weighted by Crippen LogP contribution is 2.53. The van der Waals surface area contributed by atoms with Crippen LogP contribution < -0.4 is 5.32 Å². The third-order valence-corrected chi connectivity index (χ3v) is 7.20. The third-order valence-electron chi connectivity index (χ3n) is 7.20. The Hall–Kier alpha value is -1.84. The molecule has 4 heteroatoms. The maximum Gasteiger partial charge on any atom is 0.225 e. The first-order valence-corrected chi connectivity index (χ1v) is 9.71. The molecule has 2 spiro atoms. The molecule has 4 nitrogen and oxygen atoms in total. The molecular formula is C21H26N2O2. The van der Waals surface area contributed by atoms with Gasteiger partial charge in [-0.05, 0) is 50.0 Å². The van der Waals surface area contributed by atoms with Gasteiger partial charge in [-0.15, -0.1) is 0 Å². The summed E-state index contributed by atoms with van der Waals surface area (Å²) in [7, 11) is 0. The van der Waals surface area contributed by atoms with Crippen LogP contribution in [-0.2, 0) is 9.59 Å². The summed E-state index contributed by atoms with van der Waals surface area (Å²) in [5.74, 6) is 1.30. The second-order valence-electron chi connectivity index (χ2n) is 8.98. The van der Waals surface area contributed by atoms with Crippen molar-refractivity contribution in [3.8, 4) is 0 Å². The molecule has 0 radical (unpaired) electrons. The molecule has 2 saturated heterocycles. The Morgan fingerprint density at radius 3 is 2.52 bits per heavy atom. The Labute approximate surface area is 149 Å². The van der Waals surface area contributed by atoms with Crippen LogP contribution in [0.3, 0.4) is 0 Å². The van der Waals surface area contributed by atoms with E-state index in [0.717, 1.165) is 32.4 Å². The molecule has 2 heterocycles. The molecule has 132 valence electrons. The standard InChI is InChI=1S/C21H26N2O2/c24-18-7-9-21(22-18)11-17(12-21)19(25)23-13-20(14-23)8-6-16(10-20)15-4-2-1-3-5-15/h1-5,16-17H,6-14H2,(H,22,24). The van der Waals surface area contributed by atoms with Gasteiger partial charge in [-0.2, -0.15) is 0 Å². The first-order valence-electron chi connectivity index (χ1n) is 9.71. The van der Waals surface area contributed by atoms with Gasteiger partial charge in [-0.25, -0.2) is 0 Å². The minimum atomic E-state index is -0.0360. The molecule has 1 atom stereocenters. The fourth-order valence-corrected chi connectivity index (χ4v) is 5.82. The molecule has 0 aromatic heterocycles. The predicted octanol–water partition coefficient (Wildman–Crippen LogP) is 2.84. The van der Waals surface area contributed by atoms with E-state index in [1.54, 1.807) is 0 Å². The van der Waals surface area contributed by atoms with E-state index in [1.807, 2.05) is 0 Å². The van der Waals surface area contributed by atoms with Crippen molar-refractivity contribution in [3.63, 3.8) is 0 Å². The van der Waals surface area contributed by atoms with Crippen LogP contribution in [0.4, 0.5) is 0 Å². The molecule has 2 saturated carbocycles. The molecule has 2 aliphatic carbocycles. The van der Waals surface area contributed by atoms with E-state index < -0.39 is 0 Å². The van der Waals surface area contributed by atoms with E-state index in [0.29, 0.717) is 23.7 Å². The predicted molar refractivity (Wildman–Crippen MR) is 94.9 cm³/mol. The number of carbonyl (C=O) groups excluding carboxylic acids is 2. The van der Waals surface area contributed by atoms with Gasteiger partial charge >= 0.3 is 0 Å². The molecule has 1 N–H and O–H groups in total. The van der Waals surface area contributed by atoms with Crippen LogP contribution in [0.2, 0.25) is 0 Å². The summed E-state index contributed by atoms with van der Waals surface area (Å²) in [6.07, 6.45) is 6.99. The van der Waals surface area contributed by atoms with Gasteiger partial charge in [-0.1, -0.05) is 30.3 Å². The largest absolute Gasteiger partial charge is 0.351 e. The molecule has 1 aromatic carbocycles. The molecule has 4 fully saturated rings. The summed E-state index contributed by atoms with van der Waals surface area (Å²) in [5, 5.41) is 3.09. The van der Waals surface area contributed by atoms with Gasteiger partial charge < -0.3 is 10.2 Å². The molecular weight excluding hydrogens is 312 g/mol. The van der Waals surface area contributed by atoms with Gasteiger partial charge in [0.2, 0.25) is 11.8 Å². The number of nitrogens with one attached hydrogen (secondary N) is 1. The van der Waals surface area contributed by atoms with Crippen LogP contribution in [0.5, 0.6) is 0 Å². The van der Waals surface area contributed by atoms with E-state index in [2.05, 4.69) is 40.5 Å². The number of hydrogen-bond donors (Lipinski definition) is 1. The number of carbonyl (C=O) groups is 2. The topological polar surface area (TPSA) is 49.4 Å². The van der Waals surface area contributed by atoms with E-state index in [4.69, 9.17) is 0 Å². The van der Waals surface area contributed by atoms with Gasteiger partial charge in [0.05, 0.1) is 0 Å². The minimum Gasteiger partial charge on any atom is -0.351 e. The Bertz CT molecular complexity index is 702. The molecule has 2 aliphatic heterocycles. The Balaban J connectivity index is 1.15. The SMILES string of the molecule is O=C1CCC2(CC(C(=O)N3CC4(CCC(c5ccccc5)C4)C3)C2)N1. The number of benzene rings is 1. The van der Waals surface area contributed by atoms with Crippen LogP contribution >= 0.6 is 0 Å². The highest BCUT2D eigenvalue weighted by molar-refractivity contribution is 5.84. The van der Waals surface area contributed by atoms with Gasteiger partial charge in [0.15, 0.2) is 0 Å². The first-order chi connectivity index (χ1) is 12.1. The Morgan fingerprint density at radius 2 is 1.84 bits per heavy atom. The Morgan fingerprint density at radius 1 is 1.08 bits per heavy atom. The van der Waals surface area contributed by atoms with Crippen molar-refractivity contribution in [2.45, 2.75) is 56.4 Å². The number of likely N-dealkylation sites (tertiary alicyclic amines) is 1. The Kier molecular flexibility index (Phi) is 3.28. The number of amides is 2. The zero-order chi connectivity index (χ0) is 17.1. The van der Waals surface area contributed by atoms with E-state index >= 15 is 0 Å². The molecule has 1 unspecified atom stereocenters. The van der Waals surface area contributed by atoms with Crippen molar-refractivity contribution < 1.29 is 9.59 Å². The van der Waals surface area contributed by atoms with Crippen molar-refractivity contribution in [2.75, 3.05) is 13.1 Å². The minimum absolute atomic E-state index is 0.0360. The lowest BCUT2D eigenvalue weighted by atomic mass is 9.66. The second kappa shape index (κ2) is 5.33. The average molecular weight is 338 g/mol. The molecule has 5 rings (SSSR count). The number of hydrogen-bond acceptors (Lipinski definition) is 2. The van der Waals surface area contributed by atoms with Crippen LogP contribution in [-0.4, -0.2) is 35.3 Å². The quantitative estimate of drug-likeness (QED) is 0.901. The summed E-state index contributed by atoms with van der Waals surface area (Å²) in [6, 6.07) is 10.8. The summed E-state index contributed by atoms with van der Waals surface area (Å²) >= 11 is 0. The molecule has 1 aromatic rings. The molecule has 0 bridgehead atoms. The van der Waals surface area contributed by atoms with Gasteiger partial charge in [-0.3, -0.25) is 9.59 Å². The van der Waals surface area contributed by atoms with E-state index in [1.165, 1.54) is 24.8 Å². The molecule has 2 amide bonds. The highest BCUT2D eigenvalue weighted by Gasteiger charge is 2.55. The van der Waals surface area contributed by atoms with Crippen LogP contribution in [0, 0.1) is 11.3 Å². The van der Waals surface area contributed by atoms with E-state index in [-0.39, 0.29) is 17.4 Å². The monoisotopic (exact) mass is 338 g/mol. The maximum absolute atomic E-state index is 12.7. The lowest BCUT2D eigenvalue weighted by molar-refractivity contribution is -0.153. The lowest BCUT2D eigenvalue weighted by Crippen LogP contribution is -2.63. The number of rotatable bonds is 2. The van der Waals surface area contributed by atoms with Gasteiger partial charge in [0.1, 0.15) is 0 Å². The second-order valence-corrected chi connectivity index (χ2v) is 8.98. The van der Waals surface area contributed by atoms with E-state index in [9.17, 15) is 9.59 Å². The summed E-state index contributed by atoms with van der Waals surface area (Å²) in [4.78, 5) is 26.3. The fourth-order valence-electron chi connectivity index (χ4n) is 5.82. The molecule has 25 heavy (non-hydrogen) atoms. The first kappa shape index (κ1) is 15.4. The molecule has 4 aliphatic rings. The zero-order valence-corrected chi connectivity index (χ0v) is 14.7. The summed E-state index contributed by atoms with van der Waals surface area (Å²) in [5.41, 5.74) is 1.80. The number of nitrogens with zero attached hydrogens (tertiary/aromatic N) is 1. The van der Waals surface area contributed by atoms with Crippen LogP contribution in [0.15, 0.2) is 30.3 Å². The van der Waals surface area contributed by atoms with Gasteiger partial charge in [0.25, 0.3) is 0 Å². The third kappa shape index (κ3) is 2.49. The van der Waals surface area contributed by atoms with Crippen LogP contribution in [0.1, 0.15) is 56.4 Å². The summed E-state index contributed by atoms with van der Waals surface area (Å²) < 4.78 is 0. The van der Waals surface area contributed by atoms with Gasteiger partial charge in [0, 0.05) is 36.4 Å². The van der Waals surface area contributed by atoms with Crippen molar-refractivity contribution in [1.82, 2.24) is 10.2 Å². The van der Waals surface area contributed by atoms with Crippen LogP contribution in [0.25, 0.3) is 0 Å². The van der Waals surface area contributed by atoms with Crippen molar-refractivity contribution in [2.24, 2.45) is 11.3 Å². The average Bonchev–Trinajstić information content (AvgIpc) is 3.17. The zero-order valence-electron chi connectivity index (χ0n) is 14.7. The fraction of sp³-hybridized carbons (Fsp3) is 0.619. The lowest BCUT2D eigenvalue weighted by Gasteiger charge is -2.53. The normalized spacial score (nSPS) is 35.5. The van der Waals surface area contributed by atoms with Crippen molar-refractivity contribution in [1.29, 1.82) is 0 Å². The van der Waals surface area contributed by atoms with Crippen molar-refractivity contribution >= 4 is 11.8 Å².